The van der Waals surface area contributed by atoms with Gasteiger partial charge < -0.3 is 14.0 Å². The predicted molar refractivity (Wildman–Crippen MR) is 107 cm³/mol. The van der Waals surface area contributed by atoms with E-state index in [1.807, 2.05) is 31.2 Å². The van der Waals surface area contributed by atoms with Crippen LogP contribution in [0.1, 0.15) is 11.4 Å². The minimum atomic E-state index is -0.537. The van der Waals surface area contributed by atoms with Crippen molar-refractivity contribution in [2.24, 2.45) is 0 Å². The molecule has 3 heterocycles. The van der Waals surface area contributed by atoms with Crippen LogP contribution in [0.5, 0.6) is 5.75 Å². The molecule has 3 aromatic rings. The summed E-state index contributed by atoms with van der Waals surface area (Å²) in [7, 11) is 1.58. The lowest BCUT2D eigenvalue weighted by molar-refractivity contribution is 0.0355. The zero-order valence-electron chi connectivity index (χ0n) is 15.8. The fourth-order valence-corrected chi connectivity index (χ4v) is 3.75. The molecule has 0 spiro atoms. The van der Waals surface area contributed by atoms with Gasteiger partial charge in [0.15, 0.2) is 0 Å². The van der Waals surface area contributed by atoms with E-state index in [0.717, 1.165) is 34.0 Å². The predicted octanol–water partition coefficient (Wildman–Crippen LogP) is 4.49. The van der Waals surface area contributed by atoms with E-state index in [1.165, 1.54) is 0 Å². The second kappa shape index (κ2) is 7.89. The molecule has 4 rings (SSSR count). The molecule has 0 unspecified atom stereocenters. The topological polar surface area (TPSA) is 49.2 Å². The number of pyridine rings is 1. The lowest BCUT2D eigenvalue weighted by Crippen LogP contribution is -2.21. The zero-order chi connectivity index (χ0) is 19.7. The van der Waals surface area contributed by atoms with Crippen LogP contribution in [-0.2, 0) is 17.7 Å². The van der Waals surface area contributed by atoms with Crippen molar-refractivity contribution >= 4 is 11.6 Å². The van der Waals surface area contributed by atoms with E-state index in [2.05, 4.69) is 9.55 Å². The van der Waals surface area contributed by atoms with E-state index >= 15 is 0 Å². The molecular formula is C21H21ClFN3O2. The maximum Gasteiger partial charge on any atom is 0.141 e. The summed E-state index contributed by atoms with van der Waals surface area (Å²) in [5.41, 5.74) is 4.67. The van der Waals surface area contributed by atoms with Gasteiger partial charge in [0, 0.05) is 35.1 Å². The molecule has 0 amide bonds. The number of nitrogens with zero attached hydrogens (tertiary/aromatic N) is 3. The summed E-state index contributed by atoms with van der Waals surface area (Å²) in [6, 6.07) is 9.50. The standard InChI is InChI=1S/C21H21ClFN3O2/c1-13-9-14(5-7-24-13)20-18-6-8-28-16(11-23)12-26(18)21(25-20)15-3-4-17(22)19(10-15)27-2/h3-5,7,9-10,16H,6,8,11-12H2,1-2H3/t16-/m1/s1. The monoisotopic (exact) mass is 401 g/mol. The van der Waals surface area contributed by atoms with Crippen LogP contribution in [0.15, 0.2) is 36.5 Å². The molecular weight excluding hydrogens is 381 g/mol. The number of alkyl halides is 1. The number of fused-ring (bicyclic) bond motifs is 1. The molecule has 2 aromatic heterocycles. The molecule has 1 aliphatic rings. The van der Waals surface area contributed by atoms with Crippen LogP contribution in [0, 0.1) is 6.92 Å². The Morgan fingerprint density at radius 1 is 1.29 bits per heavy atom. The Morgan fingerprint density at radius 3 is 2.89 bits per heavy atom. The minimum Gasteiger partial charge on any atom is -0.495 e. The van der Waals surface area contributed by atoms with Gasteiger partial charge >= 0.3 is 0 Å². The Bertz CT molecular complexity index is 1010. The molecule has 0 saturated heterocycles. The largest absolute Gasteiger partial charge is 0.495 e. The molecule has 146 valence electrons. The summed E-state index contributed by atoms with van der Waals surface area (Å²) in [6.45, 7) is 2.28. The zero-order valence-corrected chi connectivity index (χ0v) is 16.5. The third-order valence-electron chi connectivity index (χ3n) is 4.90. The first-order chi connectivity index (χ1) is 13.6. The van der Waals surface area contributed by atoms with E-state index in [-0.39, 0.29) is 0 Å². The summed E-state index contributed by atoms with van der Waals surface area (Å²) in [6.07, 6.45) is 1.94. The number of methoxy groups -OCH3 is 1. The van der Waals surface area contributed by atoms with E-state index in [1.54, 1.807) is 19.4 Å². The van der Waals surface area contributed by atoms with Gasteiger partial charge in [0.1, 0.15) is 24.4 Å². The number of hydrogen-bond donors (Lipinski definition) is 0. The number of aryl methyl sites for hydroxylation is 1. The molecule has 0 bridgehead atoms. The molecule has 1 aromatic carbocycles. The second-order valence-corrected chi connectivity index (χ2v) is 7.18. The van der Waals surface area contributed by atoms with Gasteiger partial charge in [0.2, 0.25) is 0 Å². The second-order valence-electron chi connectivity index (χ2n) is 6.77. The fraction of sp³-hybridized carbons (Fsp3) is 0.333. The van der Waals surface area contributed by atoms with Gasteiger partial charge in [-0.05, 0) is 37.3 Å². The average molecular weight is 402 g/mol. The fourth-order valence-electron chi connectivity index (χ4n) is 3.55. The Hall–Kier alpha value is -2.44. The van der Waals surface area contributed by atoms with Crippen molar-refractivity contribution in [2.75, 3.05) is 20.4 Å². The molecule has 1 aliphatic heterocycles. The normalized spacial score (nSPS) is 16.5. The lowest BCUT2D eigenvalue weighted by atomic mass is 10.1. The third kappa shape index (κ3) is 3.50. The third-order valence-corrected chi connectivity index (χ3v) is 5.21. The van der Waals surface area contributed by atoms with Crippen molar-refractivity contribution < 1.29 is 13.9 Å². The summed E-state index contributed by atoms with van der Waals surface area (Å²) < 4.78 is 26.5. The Balaban J connectivity index is 1.91. The number of rotatable bonds is 4. The van der Waals surface area contributed by atoms with E-state index in [9.17, 15) is 4.39 Å². The molecule has 5 nitrogen and oxygen atoms in total. The van der Waals surface area contributed by atoms with Gasteiger partial charge in [0.25, 0.3) is 0 Å². The maximum atomic E-state index is 13.4. The van der Waals surface area contributed by atoms with Crippen molar-refractivity contribution in [3.8, 4) is 28.4 Å². The summed E-state index contributed by atoms with van der Waals surface area (Å²) >= 11 is 6.19. The highest BCUT2D eigenvalue weighted by Gasteiger charge is 2.25. The summed E-state index contributed by atoms with van der Waals surface area (Å²) in [5.74, 6) is 1.32. The Morgan fingerprint density at radius 2 is 2.14 bits per heavy atom. The maximum absolute atomic E-state index is 13.4. The van der Waals surface area contributed by atoms with Crippen LogP contribution >= 0.6 is 11.6 Å². The average Bonchev–Trinajstić information content (AvgIpc) is 2.91. The van der Waals surface area contributed by atoms with Crippen molar-refractivity contribution in [3.63, 3.8) is 0 Å². The van der Waals surface area contributed by atoms with Crippen molar-refractivity contribution in [1.82, 2.24) is 14.5 Å². The highest BCUT2D eigenvalue weighted by molar-refractivity contribution is 6.32. The quantitative estimate of drug-likeness (QED) is 0.646. The molecule has 0 aliphatic carbocycles. The number of imidazole rings is 1. The van der Waals surface area contributed by atoms with Crippen LogP contribution in [0.25, 0.3) is 22.6 Å². The van der Waals surface area contributed by atoms with Crippen LogP contribution in [-0.4, -0.2) is 41.0 Å². The lowest BCUT2D eigenvalue weighted by Gasteiger charge is -2.14. The molecule has 0 radical (unpaired) electrons. The SMILES string of the molecule is COc1cc(-c2nc(-c3ccnc(C)c3)c3n2C[C@@H](CF)OCC3)ccc1Cl. The molecule has 28 heavy (non-hydrogen) atoms. The van der Waals surface area contributed by atoms with Crippen molar-refractivity contribution in [2.45, 2.75) is 26.0 Å². The Kier molecular flexibility index (Phi) is 5.33. The number of aromatic nitrogens is 3. The highest BCUT2D eigenvalue weighted by atomic mass is 35.5. The van der Waals surface area contributed by atoms with Crippen LogP contribution in [0.3, 0.4) is 0 Å². The molecule has 1 atom stereocenters. The van der Waals surface area contributed by atoms with Gasteiger partial charge in [-0.2, -0.15) is 0 Å². The first-order valence-corrected chi connectivity index (χ1v) is 9.52. The Labute approximate surface area is 168 Å². The van der Waals surface area contributed by atoms with Gasteiger partial charge in [-0.25, -0.2) is 9.37 Å². The molecule has 0 N–H and O–H groups in total. The van der Waals surface area contributed by atoms with Gasteiger partial charge in [0.05, 0.1) is 31.0 Å². The van der Waals surface area contributed by atoms with E-state index in [0.29, 0.717) is 30.3 Å². The summed E-state index contributed by atoms with van der Waals surface area (Å²) in [5, 5.41) is 0.531. The van der Waals surface area contributed by atoms with Crippen LogP contribution < -0.4 is 4.74 Å². The van der Waals surface area contributed by atoms with Crippen molar-refractivity contribution in [1.29, 1.82) is 0 Å². The van der Waals surface area contributed by atoms with E-state index in [4.69, 9.17) is 26.1 Å². The number of ether oxygens (including phenoxy) is 2. The summed E-state index contributed by atoms with van der Waals surface area (Å²) in [4.78, 5) is 9.23. The number of benzene rings is 1. The first-order valence-electron chi connectivity index (χ1n) is 9.14. The van der Waals surface area contributed by atoms with Gasteiger partial charge in [-0.3, -0.25) is 4.98 Å². The van der Waals surface area contributed by atoms with Crippen LogP contribution in [0.2, 0.25) is 5.02 Å². The number of hydrogen-bond acceptors (Lipinski definition) is 4. The molecule has 0 saturated carbocycles. The van der Waals surface area contributed by atoms with Gasteiger partial charge in [-0.15, -0.1) is 0 Å². The molecule has 7 heteroatoms. The van der Waals surface area contributed by atoms with Gasteiger partial charge in [-0.1, -0.05) is 11.6 Å². The smallest absolute Gasteiger partial charge is 0.141 e. The first kappa shape index (κ1) is 18.9. The molecule has 0 fully saturated rings. The van der Waals surface area contributed by atoms with Crippen molar-refractivity contribution in [3.05, 3.63) is 52.9 Å². The van der Waals surface area contributed by atoms with Crippen LogP contribution in [0.4, 0.5) is 4.39 Å². The van der Waals surface area contributed by atoms with E-state index < -0.39 is 12.8 Å². The number of halogens is 2. The highest BCUT2D eigenvalue weighted by Crippen LogP contribution is 2.35. The minimum absolute atomic E-state index is 0.406.